The van der Waals surface area contributed by atoms with Crippen molar-refractivity contribution >= 4 is 17.4 Å². The SMILES string of the molecule is CC[C@H](C)NC(=O)CCc1nnc2ccc(N(CC)CC)nn12. The van der Waals surface area contributed by atoms with Crippen LogP contribution in [0.5, 0.6) is 0 Å². The van der Waals surface area contributed by atoms with Crippen molar-refractivity contribution in [3.63, 3.8) is 0 Å². The molecule has 0 aliphatic rings. The molecule has 0 saturated heterocycles. The molecule has 7 heteroatoms. The molecule has 7 nitrogen and oxygen atoms in total. The first-order chi connectivity index (χ1) is 11.1. The Morgan fingerprint density at radius 1 is 1.26 bits per heavy atom. The van der Waals surface area contributed by atoms with Gasteiger partial charge in [0.15, 0.2) is 11.5 Å². The predicted molar refractivity (Wildman–Crippen MR) is 90.6 cm³/mol. The summed E-state index contributed by atoms with van der Waals surface area (Å²) >= 11 is 0. The van der Waals surface area contributed by atoms with E-state index in [0.717, 1.165) is 25.3 Å². The van der Waals surface area contributed by atoms with E-state index in [1.165, 1.54) is 0 Å². The summed E-state index contributed by atoms with van der Waals surface area (Å²) in [7, 11) is 0. The Morgan fingerprint density at radius 2 is 2.00 bits per heavy atom. The van der Waals surface area contributed by atoms with Crippen LogP contribution >= 0.6 is 0 Å². The van der Waals surface area contributed by atoms with Gasteiger partial charge in [0.05, 0.1) is 0 Å². The lowest BCUT2D eigenvalue weighted by Gasteiger charge is -2.19. The molecule has 1 atom stereocenters. The van der Waals surface area contributed by atoms with Gasteiger partial charge >= 0.3 is 0 Å². The normalized spacial score (nSPS) is 12.3. The minimum absolute atomic E-state index is 0.0380. The van der Waals surface area contributed by atoms with Crippen molar-refractivity contribution in [2.75, 3.05) is 18.0 Å². The molecule has 2 heterocycles. The summed E-state index contributed by atoms with van der Waals surface area (Å²) in [4.78, 5) is 14.1. The predicted octanol–water partition coefficient (Wildman–Crippen LogP) is 1.82. The Kier molecular flexibility index (Phi) is 5.90. The third kappa shape index (κ3) is 4.18. The molecule has 23 heavy (non-hydrogen) atoms. The summed E-state index contributed by atoms with van der Waals surface area (Å²) in [5.41, 5.74) is 0.707. The number of hydrogen-bond donors (Lipinski definition) is 1. The number of amides is 1. The summed E-state index contributed by atoms with van der Waals surface area (Å²) in [6, 6.07) is 4.07. The van der Waals surface area contributed by atoms with Crippen molar-refractivity contribution in [2.24, 2.45) is 0 Å². The van der Waals surface area contributed by atoms with Crippen LogP contribution in [-0.4, -0.2) is 44.8 Å². The van der Waals surface area contributed by atoms with Gasteiger partial charge in [-0.25, -0.2) is 0 Å². The summed E-state index contributed by atoms with van der Waals surface area (Å²) in [6.45, 7) is 10.0. The first-order valence-electron chi connectivity index (χ1n) is 8.34. The van der Waals surface area contributed by atoms with E-state index in [1.807, 2.05) is 19.1 Å². The lowest BCUT2D eigenvalue weighted by Crippen LogP contribution is -2.32. The number of hydrogen-bond acceptors (Lipinski definition) is 5. The molecular formula is C16H26N6O. The van der Waals surface area contributed by atoms with Gasteiger partial charge in [-0.3, -0.25) is 4.79 Å². The van der Waals surface area contributed by atoms with Gasteiger partial charge in [-0.2, -0.15) is 4.52 Å². The van der Waals surface area contributed by atoms with Crippen LogP contribution in [0.4, 0.5) is 5.82 Å². The minimum Gasteiger partial charge on any atom is -0.356 e. The van der Waals surface area contributed by atoms with Gasteiger partial charge in [-0.05, 0) is 39.3 Å². The van der Waals surface area contributed by atoms with Crippen molar-refractivity contribution in [3.8, 4) is 0 Å². The highest BCUT2D eigenvalue weighted by Crippen LogP contribution is 2.12. The van der Waals surface area contributed by atoms with Crippen LogP contribution in [-0.2, 0) is 11.2 Å². The number of carbonyl (C=O) groups is 1. The quantitative estimate of drug-likeness (QED) is 0.803. The molecule has 0 spiro atoms. The number of nitrogens with one attached hydrogen (secondary N) is 1. The average molecular weight is 318 g/mol. The summed E-state index contributed by atoms with van der Waals surface area (Å²) in [5, 5.41) is 15.9. The second kappa shape index (κ2) is 7.89. The van der Waals surface area contributed by atoms with Gasteiger partial charge in [-0.1, -0.05) is 6.92 Å². The minimum atomic E-state index is 0.0380. The molecule has 2 aromatic heterocycles. The number of aryl methyl sites for hydroxylation is 1. The third-order valence-electron chi connectivity index (χ3n) is 4.00. The highest BCUT2D eigenvalue weighted by molar-refractivity contribution is 5.76. The molecule has 0 aliphatic heterocycles. The summed E-state index contributed by atoms with van der Waals surface area (Å²) < 4.78 is 1.74. The van der Waals surface area contributed by atoms with Crippen molar-refractivity contribution in [3.05, 3.63) is 18.0 Å². The zero-order valence-electron chi connectivity index (χ0n) is 14.4. The van der Waals surface area contributed by atoms with E-state index in [-0.39, 0.29) is 11.9 Å². The first-order valence-corrected chi connectivity index (χ1v) is 8.34. The Hall–Kier alpha value is -2.18. The molecule has 0 unspecified atom stereocenters. The smallest absolute Gasteiger partial charge is 0.220 e. The topological polar surface area (TPSA) is 75.4 Å². The molecule has 126 valence electrons. The van der Waals surface area contributed by atoms with Crippen LogP contribution in [0.25, 0.3) is 5.65 Å². The molecule has 0 bridgehead atoms. The number of rotatable bonds is 8. The second-order valence-electron chi connectivity index (χ2n) is 5.63. The Labute approximate surface area is 137 Å². The standard InChI is InChI=1S/C16H26N6O/c1-5-12(4)17-16(23)11-10-14-19-18-13-8-9-15(20-22(13)14)21(6-2)7-3/h8-9,12H,5-7,10-11H2,1-4H3,(H,17,23)/t12-/m0/s1. The van der Waals surface area contributed by atoms with Crippen LogP contribution in [0.2, 0.25) is 0 Å². The molecular weight excluding hydrogens is 292 g/mol. The van der Waals surface area contributed by atoms with E-state index in [2.05, 4.69) is 46.3 Å². The Bertz CT molecular complexity index is 649. The van der Waals surface area contributed by atoms with Crippen molar-refractivity contribution in [2.45, 2.75) is 53.0 Å². The molecule has 0 radical (unpaired) electrons. The molecule has 2 aromatic rings. The van der Waals surface area contributed by atoms with E-state index in [4.69, 9.17) is 0 Å². The van der Waals surface area contributed by atoms with Crippen LogP contribution in [0.15, 0.2) is 12.1 Å². The molecule has 1 N–H and O–H groups in total. The Morgan fingerprint density at radius 3 is 2.65 bits per heavy atom. The third-order valence-corrected chi connectivity index (χ3v) is 4.00. The summed E-state index contributed by atoms with van der Waals surface area (Å²) in [6.07, 6.45) is 1.84. The zero-order valence-corrected chi connectivity index (χ0v) is 14.4. The molecule has 2 rings (SSSR count). The van der Waals surface area contributed by atoms with Crippen LogP contribution in [0, 0.1) is 0 Å². The molecule has 0 aromatic carbocycles. The van der Waals surface area contributed by atoms with E-state index in [0.29, 0.717) is 24.3 Å². The first kappa shape index (κ1) is 17.2. The number of anilines is 1. The van der Waals surface area contributed by atoms with E-state index in [1.54, 1.807) is 4.52 Å². The van der Waals surface area contributed by atoms with Gasteiger partial charge in [0.25, 0.3) is 0 Å². The highest BCUT2D eigenvalue weighted by Gasteiger charge is 2.12. The summed E-state index contributed by atoms with van der Waals surface area (Å²) in [5.74, 6) is 1.65. The Balaban J connectivity index is 2.11. The lowest BCUT2D eigenvalue weighted by atomic mass is 10.2. The highest BCUT2D eigenvalue weighted by atomic mass is 16.1. The maximum absolute atomic E-state index is 11.9. The van der Waals surface area contributed by atoms with Gasteiger partial charge in [0.1, 0.15) is 5.82 Å². The fraction of sp³-hybridized carbons (Fsp3) is 0.625. The number of nitrogens with zero attached hydrogens (tertiary/aromatic N) is 5. The van der Waals surface area contributed by atoms with E-state index < -0.39 is 0 Å². The maximum Gasteiger partial charge on any atom is 0.220 e. The zero-order chi connectivity index (χ0) is 16.8. The maximum atomic E-state index is 11.9. The second-order valence-corrected chi connectivity index (χ2v) is 5.63. The van der Waals surface area contributed by atoms with Crippen LogP contribution in [0.3, 0.4) is 0 Å². The van der Waals surface area contributed by atoms with Crippen molar-refractivity contribution in [1.82, 2.24) is 25.1 Å². The molecule has 1 amide bonds. The fourth-order valence-electron chi connectivity index (χ4n) is 2.37. The average Bonchev–Trinajstić information content (AvgIpc) is 2.96. The van der Waals surface area contributed by atoms with Crippen molar-refractivity contribution in [1.29, 1.82) is 0 Å². The van der Waals surface area contributed by atoms with Gasteiger partial charge in [-0.15, -0.1) is 15.3 Å². The molecule has 0 fully saturated rings. The van der Waals surface area contributed by atoms with Crippen LogP contribution < -0.4 is 10.2 Å². The van der Waals surface area contributed by atoms with Crippen LogP contribution in [0.1, 0.15) is 46.4 Å². The van der Waals surface area contributed by atoms with E-state index >= 15 is 0 Å². The van der Waals surface area contributed by atoms with Gasteiger partial charge < -0.3 is 10.2 Å². The van der Waals surface area contributed by atoms with E-state index in [9.17, 15) is 4.79 Å². The molecule has 0 saturated carbocycles. The molecule has 0 aliphatic carbocycles. The monoisotopic (exact) mass is 318 g/mol. The van der Waals surface area contributed by atoms with Gasteiger partial charge in [0, 0.05) is 32.0 Å². The van der Waals surface area contributed by atoms with Crippen molar-refractivity contribution < 1.29 is 4.79 Å². The lowest BCUT2D eigenvalue weighted by molar-refractivity contribution is -0.121. The largest absolute Gasteiger partial charge is 0.356 e. The number of fused-ring (bicyclic) bond motifs is 1. The van der Waals surface area contributed by atoms with Gasteiger partial charge in [0.2, 0.25) is 5.91 Å². The number of aromatic nitrogens is 4. The number of carbonyl (C=O) groups excluding carboxylic acids is 1. The fourth-order valence-corrected chi connectivity index (χ4v) is 2.37.